The van der Waals surface area contributed by atoms with Crippen LogP contribution in [0, 0.1) is 11.3 Å². The Bertz CT molecular complexity index is 244. The van der Waals surface area contributed by atoms with Gasteiger partial charge in [0.25, 0.3) is 0 Å². The predicted octanol–water partition coefficient (Wildman–Crippen LogP) is 1.48. The maximum Gasteiger partial charge on any atom is 0.103 e. The van der Waals surface area contributed by atoms with Crippen LogP contribution in [0.2, 0.25) is 0 Å². The fraction of sp³-hybridized carbons (Fsp3) is 0.750. The molecule has 1 aliphatic rings. The largest absolute Gasteiger partial charge is 0.300 e. The first-order valence-electron chi connectivity index (χ1n) is 5.59. The van der Waals surface area contributed by atoms with Crippen LogP contribution in [0.1, 0.15) is 20.3 Å². The molecule has 3 heteroatoms. The Labute approximate surface area is 93.0 Å². The second-order valence-electron chi connectivity index (χ2n) is 4.58. The van der Waals surface area contributed by atoms with E-state index in [1.54, 1.807) is 0 Å². The Hall–Kier alpha value is -0.850. The molecule has 3 nitrogen and oxygen atoms in total. The van der Waals surface area contributed by atoms with Crippen molar-refractivity contribution in [3.05, 3.63) is 12.7 Å². The molecule has 1 heterocycles. The monoisotopic (exact) mass is 207 g/mol. The van der Waals surface area contributed by atoms with Crippen LogP contribution in [0.3, 0.4) is 0 Å². The highest BCUT2D eigenvalue weighted by Crippen LogP contribution is 2.15. The molecule has 0 radical (unpaired) electrons. The molecule has 0 amide bonds. The first kappa shape index (κ1) is 12.2. The smallest absolute Gasteiger partial charge is 0.103 e. The van der Waals surface area contributed by atoms with Crippen LogP contribution in [0.25, 0.3) is 0 Å². The molecule has 0 atom stereocenters. The molecule has 0 unspecified atom stereocenters. The second-order valence-corrected chi connectivity index (χ2v) is 4.58. The molecule has 1 fully saturated rings. The molecule has 1 aliphatic heterocycles. The molecular formula is C12H21N3. The van der Waals surface area contributed by atoms with Crippen LogP contribution in [-0.2, 0) is 0 Å². The minimum absolute atomic E-state index is 0.315. The van der Waals surface area contributed by atoms with E-state index < -0.39 is 0 Å². The van der Waals surface area contributed by atoms with Gasteiger partial charge in [-0.1, -0.05) is 6.08 Å². The predicted molar refractivity (Wildman–Crippen MR) is 62.5 cm³/mol. The van der Waals surface area contributed by atoms with Crippen molar-refractivity contribution in [3.8, 4) is 6.07 Å². The minimum atomic E-state index is -0.315. The molecule has 0 aromatic rings. The summed E-state index contributed by atoms with van der Waals surface area (Å²) in [5.41, 5.74) is -0.315. The number of nitriles is 1. The van der Waals surface area contributed by atoms with Crippen molar-refractivity contribution in [1.29, 1.82) is 5.26 Å². The maximum atomic E-state index is 9.04. The summed E-state index contributed by atoms with van der Waals surface area (Å²) in [6.07, 6.45) is 3.02. The van der Waals surface area contributed by atoms with Gasteiger partial charge in [-0.15, -0.1) is 6.58 Å². The molecule has 0 aliphatic carbocycles. The average molecular weight is 207 g/mol. The lowest BCUT2D eigenvalue weighted by atomic mass is 10.0. The van der Waals surface area contributed by atoms with Gasteiger partial charge in [-0.2, -0.15) is 5.26 Å². The van der Waals surface area contributed by atoms with Gasteiger partial charge in [-0.3, -0.25) is 4.90 Å². The molecule has 15 heavy (non-hydrogen) atoms. The van der Waals surface area contributed by atoms with E-state index >= 15 is 0 Å². The molecule has 0 spiro atoms. The van der Waals surface area contributed by atoms with Gasteiger partial charge in [0.1, 0.15) is 5.54 Å². The van der Waals surface area contributed by atoms with Gasteiger partial charge in [-0.05, 0) is 20.3 Å². The summed E-state index contributed by atoms with van der Waals surface area (Å²) in [6, 6.07) is 2.36. The van der Waals surface area contributed by atoms with Crippen LogP contribution in [0.5, 0.6) is 0 Å². The van der Waals surface area contributed by atoms with Crippen LogP contribution < -0.4 is 0 Å². The van der Waals surface area contributed by atoms with E-state index in [4.69, 9.17) is 5.26 Å². The lowest BCUT2D eigenvalue weighted by Crippen LogP contribution is -2.54. The third kappa shape index (κ3) is 3.33. The van der Waals surface area contributed by atoms with Crippen molar-refractivity contribution >= 4 is 0 Å². The Morgan fingerprint density at radius 3 is 2.40 bits per heavy atom. The summed E-state index contributed by atoms with van der Waals surface area (Å²) < 4.78 is 0. The molecule has 1 saturated heterocycles. The van der Waals surface area contributed by atoms with Crippen LogP contribution >= 0.6 is 0 Å². The topological polar surface area (TPSA) is 30.3 Å². The molecule has 0 aromatic carbocycles. The lowest BCUT2D eigenvalue weighted by Gasteiger charge is -2.40. The highest BCUT2D eigenvalue weighted by molar-refractivity contribution is 5.02. The molecule has 0 aromatic heterocycles. The summed E-state index contributed by atoms with van der Waals surface area (Å²) in [7, 11) is 0. The first-order chi connectivity index (χ1) is 7.10. The Morgan fingerprint density at radius 2 is 1.93 bits per heavy atom. The Balaban J connectivity index is 2.36. The van der Waals surface area contributed by atoms with Crippen molar-refractivity contribution in [2.24, 2.45) is 0 Å². The van der Waals surface area contributed by atoms with E-state index in [0.29, 0.717) is 0 Å². The number of rotatable bonds is 4. The van der Waals surface area contributed by atoms with Gasteiger partial charge in [0.2, 0.25) is 0 Å². The molecule has 84 valence electrons. The van der Waals surface area contributed by atoms with Gasteiger partial charge in [0.15, 0.2) is 0 Å². The minimum Gasteiger partial charge on any atom is -0.300 e. The number of piperazine rings is 1. The number of hydrogen-bond acceptors (Lipinski definition) is 3. The fourth-order valence-corrected chi connectivity index (χ4v) is 1.88. The molecular weight excluding hydrogens is 186 g/mol. The van der Waals surface area contributed by atoms with E-state index in [9.17, 15) is 0 Å². The highest BCUT2D eigenvalue weighted by atomic mass is 15.3. The van der Waals surface area contributed by atoms with E-state index in [0.717, 1.165) is 39.1 Å². The number of nitrogens with zero attached hydrogens (tertiary/aromatic N) is 3. The van der Waals surface area contributed by atoms with Crippen LogP contribution in [0.4, 0.5) is 0 Å². The third-order valence-electron chi connectivity index (χ3n) is 3.09. The van der Waals surface area contributed by atoms with Gasteiger partial charge in [0, 0.05) is 32.7 Å². The van der Waals surface area contributed by atoms with E-state index in [1.165, 1.54) is 0 Å². The zero-order valence-corrected chi connectivity index (χ0v) is 9.87. The zero-order chi connectivity index (χ0) is 11.3. The van der Waals surface area contributed by atoms with Crippen molar-refractivity contribution in [1.82, 2.24) is 9.80 Å². The molecule has 0 saturated carbocycles. The van der Waals surface area contributed by atoms with Crippen LogP contribution in [-0.4, -0.2) is 48.1 Å². The quantitative estimate of drug-likeness (QED) is 0.654. The summed E-state index contributed by atoms with van der Waals surface area (Å²) in [5, 5.41) is 9.04. The molecule has 0 bridgehead atoms. The Kier molecular flexibility index (Phi) is 4.31. The Morgan fingerprint density at radius 1 is 1.33 bits per heavy atom. The van der Waals surface area contributed by atoms with Crippen molar-refractivity contribution in [2.75, 3.05) is 32.7 Å². The van der Waals surface area contributed by atoms with Gasteiger partial charge in [-0.25, -0.2) is 0 Å². The van der Waals surface area contributed by atoms with Crippen molar-refractivity contribution in [3.63, 3.8) is 0 Å². The third-order valence-corrected chi connectivity index (χ3v) is 3.09. The fourth-order valence-electron chi connectivity index (χ4n) is 1.88. The summed E-state index contributed by atoms with van der Waals surface area (Å²) >= 11 is 0. The standard InChI is InChI=1S/C12H21N3/c1-4-5-6-14-7-9-15(10-8-14)12(2,3)11-13/h4H,1,5-10H2,2-3H3. The highest BCUT2D eigenvalue weighted by Gasteiger charge is 2.29. The number of hydrogen-bond donors (Lipinski definition) is 0. The SMILES string of the molecule is C=CCCN1CCN(C(C)(C)C#N)CC1. The zero-order valence-electron chi connectivity index (χ0n) is 9.87. The lowest BCUT2D eigenvalue weighted by molar-refractivity contribution is 0.0811. The second kappa shape index (κ2) is 5.29. The molecule has 0 N–H and O–H groups in total. The van der Waals surface area contributed by atoms with Gasteiger partial charge >= 0.3 is 0 Å². The van der Waals surface area contributed by atoms with Gasteiger partial charge < -0.3 is 4.90 Å². The van der Waals surface area contributed by atoms with Crippen LogP contribution in [0.15, 0.2) is 12.7 Å². The van der Waals surface area contributed by atoms with Crippen molar-refractivity contribution in [2.45, 2.75) is 25.8 Å². The van der Waals surface area contributed by atoms with E-state index in [-0.39, 0.29) is 5.54 Å². The average Bonchev–Trinajstić information content (AvgIpc) is 2.27. The normalized spacial score (nSPS) is 19.8. The summed E-state index contributed by atoms with van der Waals surface area (Å²) in [4.78, 5) is 4.70. The summed E-state index contributed by atoms with van der Waals surface area (Å²) in [6.45, 7) is 13.0. The summed E-state index contributed by atoms with van der Waals surface area (Å²) in [5.74, 6) is 0. The van der Waals surface area contributed by atoms with E-state index in [1.807, 2.05) is 19.9 Å². The van der Waals surface area contributed by atoms with Crippen molar-refractivity contribution < 1.29 is 0 Å². The maximum absolute atomic E-state index is 9.04. The van der Waals surface area contributed by atoms with Gasteiger partial charge in [0.05, 0.1) is 6.07 Å². The molecule has 1 rings (SSSR count). The van der Waals surface area contributed by atoms with E-state index in [2.05, 4.69) is 22.4 Å². The first-order valence-corrected chi connectivity index (χ1v) is 5.59.